The van der Waals surface area contributed by atoms with Gasteiger partial charge in [-0.15, -0.1) is 22.1 Å². The predicted octanol–water partition coefficient (Wildman–Crippen LogP) is 12.8. The Labute approximate surface area is 332 Å². The van der Waals surface area contributed by atoms with E-state index >= 15 is 0 Å². The smallest absolute Gasteiger partial charge is 0.657 e. The first-order chi connectivity index (χ1) is 25.4. The van der Waals surface area contributed by atoms with Gasteiger partial charge in [-0.1, -0.05) is 125 Å². The molecule has 0 aliphatic carbocycles. The average molecular weight is 794 g/mol. The molecule has 8 bridgehead atoms. The second-order valence-electron chi connectivity index (χ2n) is 12.7. The number of hydrogen-bond acceptors (Lipinski definition) is 2. The van der Waals surface area contributed by atoms with Gasteiger partial charge in [0.15, 0.2) is 0 Å². The van der Waals surface area contributed by atoms with Gasteiger partial charge in [-0.3, -0.25) is 0 Å². The van der Waals surface area contributed by atoms with E-state index in [0.29, 0.717) is 15.1 Å². The first-order valence-electron chi connectivity index (χ1n) is 16.8. The molecule has 2 aliphatic heterocycles. The molecule has 0 atom stereocenters. The van der Waals surface area contributed by atoms with Crippen LogP contribution in [0.2, 0.25) is 15.1 Å². The fourth-order valence-electron chi connectivity index (χ4n) is 6.84. The van der Waals surface area contributed by atoms with Crippen molar-refractivity contribution in [1.82, 2.24) is 19.9 Å². The molecule has 0 saturated heterocycles. The standard InChI is InChI=1S/C45H27Cl3N4.Cu/c1-26-2-4-27(5-3-26)42-34-18-20-36(49-34)43(28-6-12-31(46)13-7-28)38-22-24-40(51-38)45(30-10-16-33(48)17-11-30)41-25-23-39(52-41)44(37-21-19-35(42)50-37)29-8-14-32(47)15-9-29;/h2-25H,1H3;/q-2;+2. The maximum absolute atomic E-state index is 6.37. The number of aryl methyl sites for hydroxylation is 1. The normalized spacial score (nSPS) is 11.8. The van der Waals surface area contributed by atoms with Crippen LogP contribution in [0, 0.1) is 6.92 Å². The molecular weight excluding hydrogens is 766 g/mol. The summed E-state index contributed by atoms with van der Waals surface area (Å²) in [6.07, 6.45) is 8.22. The van der Waals surface area contributed by atoms with Crippen LogP contribution in [0.25, 0.3) is 90.9 Å². The Hall–Kier alpha value is -5.13. The molecule has 0 fully saturated rings. The van der Waals surface area contributed by atoms with Crippen molar-refractivity contribution in [2.24, 2.45) is 0 Å². The van der Waals surface area contributed by atoms with Gasteiger partial charge >= 0.3 is 17.1 Å². The monoisotopic (exact) mass is 791 g/mol. The number of fused-ring (bicyclic) bond motifs is 8. The molecule has 0 spiro atoms. The molecule has 5 heterocycles. The summed E-state index contributed by atoms with van der Waals surface area (Å²) >= 11 is 19.1. The van der Waals surface area contributed by atoms with Crippen LogP contribution < -0.4 is 9.97 Å². The Balaban J connectivity index is 0.00000400. The van der Waals surface area contributed by atoms with E-state index in [1.165, 1.54) is 5.56 Å². The van der Waals surface area contributed by atoms with Crippen LogP contribution in [-0.4, -0.2) is 9.97 Å². The van der Waals surface area contributed by atoms with Crippen LogP contribution in [0.5, 0.6) is 0 Å². The number of rotatable bonds is 4. The van der Waals surface area contributed by atoms with Gasteiger partial charge in [0, 0.05) is 15.1 Å². The van der Waals surface area contributed by atoms with Crippen molar-refractivity contribution < 1.29 is 17.1 Å². The molecule has 53 heavy (non-hydrogen) atoms. The minimum atomic E-state index is 0. The maximum atomic E-state index is 6.37. The molecule has 0 unspecified atom stereocenters. The van der Waals surface area contributed by atoms with E-state index in [1.54, 1.807) is 0 Å². The third-order valence-corrected chi connectivity index (χ3v) is 10.1. The molecule has 0 N–H and O–H groups in total. The van der Waals surface area contributed by atoms with E-state index in [0.717, 1.165) is 89.4 Å². The second kappa shape index (κ2) is 14.4. The van der Waals surface area contributed by atoms with Gasteiger partial charge in [-0.2, -0.15) is 0 Å². The molecule has 0 amide bonds. The molecule has 4 aromatic carbocycles. The van der Waals surface area contributed by atoms with Crippen molar-refractivity contribution in [3.05, 3.63) is 165 Å². The maximum Gasteiger partial charge on any atom is 2.00 e. The molecule has 7 aromatic rings. The third-order valence-electron chi connectivity index (χ3n) is 9.35. The van der Waals surface area contributed by atoms with E-state index < -0.39 is 0 Å². The Morgan fingerprint density at radius 1 is 0.358 bits per heavy atom. The van der Waals surface area contributed by atoms with Crippen molar-refractivity contribution in [3.8, 4) is 44.5 Å². The van der Waals surface area contributed by atoms with Gasteiger partial charge in [0.2, 0.25) is 0 Å². The first kappa shape index (κ1) is 34.9. The van der Waals surface area contributed by atoms with E-state index in [9.17, 15) is 0 Å². The first-order valence-corrected chi connectivity index (χ1v) is 17.9. The van der Waals surface area contributed by atoms with Gasteiger partial charge in [0.25, 0.3) is 0 Å². The fraction of sp³-hybridized carbons (Fsp3) is 0.0222. The quantitative estimate of drug-likeness (QED) is 0.167. The predicted molar refractivity (Wildman–Crippen MR) is 218 cm³/mol. The average Bonchev–Trinajstić information content (AvgIpc) is 3.99. The van der Waals surface area contributed by atoms with E-state index in [2.05, 4.69) is 55.5 Å². The van der Waals surface area contributed by atoms with Gasteiger partial charge < -0.3 is 9.97 Å². The van der Waals surface area contributed by atoms with E-state index in [4.69, 9.17) is 54.7 Å². The molecule has 0 saturated carbocycles. The van der Waals surface area contributed by atoms with Gasteiger partial charge in [0.05, 0.1) is 22.8 Å². The minimum absolute atomic E-state index is 0. The van der Waals surface area contributed by atoms with Crippen LogP contribution in [0.1, 0.15) is 28.3 Å². The summed E-state index contributed by atoms with van der Waals surface area (Å²) in [6.45, 7) is 2.09. The van der Waals surface area contributed by atoms with Crippen LogP contribution in [-0.2, 0) is 17.1 Å². The van der Waals surface area contributed by atoms with Crippen molar-refractivity contribution in [2.45, 2.75) is 6.92 Å². The summed E-state index contributed by atoms with van der Waals surface area (Å²) in [5, 5.41) is 1.97. The third kappa shape index (κ3) is 6.68. The van der Waals surface area contributed by atoms with E-state index in [1.807, 2.05) is 97.1 Å². The fourth-order valence-corrected chi connectivity index (χ4v) is 7.22. The summed E-state index contributed by atoms with van der Waals surface area (Å²) in [5.41, 5.74) is 15.0. The van der Waals surface area contributed by atoms with Crippen molar-refractivity contribution >= 4 is 81.2 Å². The van der Waals surface area contributed by atoms with Crippen LogP contribution >= 0.6 is 34.8 Å². The van der Waals surface area contributed by atoms with Gasteiger partial charge in [0.1, 0.15) is 0 Å². The molecule has 1 radical (unpaired) electrons. The molecular formula is C45H27Cl3CuN4. The zero-order chi connectivity index (χ0) is 35.3. The van der Waals surface area contributed by atoms with Crippen molar-refractivity contribution in [3.63, 3.8) is 0 Å². The Bertz CT molecular complexity index is 2370. The molecule has 3 aromatic heterocycles. The summed E-state index contributed by atoms with van der Waals surface area (Å²) in [5.74, 6) is 0. The molecule has 259 valence electrons. The number of aromatic nitrogens is 4. The number of benzene rings is 4. The van der Waals surface area contributed by atoms with Crippen LogP contribution in [0.4, 0.5) is 0 Å². The zero-order valence-corrected chi connectivity index (χ0v) is 31.3. The summed E-state index contributed by atoms with van der Waals surface area (Å²) in [7, 11) is 0. The minimum Gasteiger partial charge on any atom is -0.657 e. The molecule has 2 aliphatic rings. The Morgan fingerprint density at radius 2 is 0.604 bits per heavy atom. The molecule has 4 nitrogen and oxygen atoms in total. The molecule has 9 rings (SSSR count). The zero-order valence-electron chi connectivity index (χ0n) is 28.1. The van der Waals surface area contributed by atoms with Gasteiger partial charge in [-0.25, -0.2) is 9.97 Å². The number of halogens is 3. The second-order valence-corrected chi connectivity index (χ2v) is 14.1. The summed E-state index contributed by atoms with van der Waals surface area (Å²) in [4.78, 5) is 21.2. The largest absolute Gasteiger partial charge is 2.00 e. The Kier molecular flexibility index (Phi) is 9.46. The van der Waals surface area contributed by atoms with Crippen LogP contribution in [0.15, 0.2) is 121 Å². The number of hydrogen-bond donors (Lipinski definition) is 0. The Morgan fingerprint density at radius 3 is 0.868 bits per heavy atom. The summed E-state index contributed by atoms with van der Waals surface area (Å²) < 4.78 is 0. The van der Waals surface area contributed by atoms with Crippen molar-refractivity contribution in [2.75, 3.05) is 0 Å². The molecule has 8 heteroatoms. The van der Waals surface area contributed by atoms with Crippen molar-refractivity contribution in [1.29, 1.82) is 0 Å². The SMILES string of the molecule is Cc1ccc(-c2c3nc(c(-c4ccc(Cl)cc4)c4ccc([n-]4)c(-c4ccc(Cl)cc4)c4nc(c(-c5ccc(Cl)cc5)c5ccc2[n-]5)C=C4)C=C3)cc1.[Cu+2]. The van der Waals surface area contributed by atoms with Gasteiger partial charge in [-0.05, 0) is 112 Å². The summed E-state index contributed by atoms with van der Waals surface area (Å²) in [6, 6.07) is 40.1. The van der Waals surface area contributed by atoms with E-state index in [-0.39, 0.29) is 17.1 Å². The topological polar surface area (TPSA) is 54.0 Å². The van der Waals surface area contributed by atoms with Crippen LogP contribution in [0.3, 0.4) is 0 Å². The number of nitrogens with zero attached hydrogens (tertiary/aromatic N) is 4.